The monoisotopic (exact) mass is 277 g/mol. The standard InChI is InChI=1S/C14H12ClNO3/c1-8-3-4-10(7-9(8)2)16-6-5-11(15)12(13(16)17)14(18)19/h3-7H,1-2H3,(H,18,19). The molecule has 19 heavy (non-hydrogen) atoms. The summed E-state index contributed by atoms with van der Waals surface area (Å²) in [5.41, 5.74) is 1.69. The minimum atomic E-state index is -1.33. The van der Waals surface area contributed by atoms with Crippen molar-refractivity contribution in [3.8, 4) is 5.69 Å². The van der Waals surface area contributed by atoms with Gasteiger partial charge in [-0.2, -0.15) is 0 Å². The van der Waals surface area contributed by atoms with Crippen LogP contribution in [0.3, 0.4) is 0 Å². The molecule has 1 heterocycles. The van der Waals surface area contributed by atoms with Crippen LogP contribution < -0.4 is 5.56 Å². The summed E-state index contributed by atoms with van der Waals surface area (Å²) in [7, 11) is 0. The molecule has 0 bridgehead atoms. The second-order valence-electron chi connectivity index (χ2n) is 4.29. The zero-order valence-electron chi connectivity index (χ0n) is 10.5. The van der Waals surface area contributed by atoms with Crippen LogP contribution in [0.25, 0.3) is 5.69 Å². The van der Waals surface area contributed by atoms with Gasteiger partial charge in [0, 0.05) is 11.9 Å². The molecule has 4 nitrogen and oxygen atoms in total. The minimum absolute atomic E-state index is 0.0578. The van der Waals surface area contributed by atoms with Crippen molar-refractivity contribution >= 4 is 17.6 Å². The summed E-state index contributed by atoms with van der Waals surface area (Å²) in [6.45, 7) is 3.89. The van der Waals surface area contributed by atoms with Crippen molar-refractivity contribution in [1.29, 1.82) is 0 Å². The Labute approximate surface area is 114 Å². The summed E-state index contributed by atoms with van der Waals surface area (Å²) in [6.07, 6.45) is 1.47. The average molecular weight is 278 g/mol. The third-order valence-electron chi connectivity index (χ3n) is 3.02. The SMILES string of the molecule is Cc1ccc(-n2ccc(Cl)c(C(=O)O)c2=O)cc1C. The summed E-state index contributed by atoms with van der Waals surface area (Å²) < 4.78 is 1.28. The van der Waals surface area contributed by atoms with E-state index in [1.165, 1.54) is 16.8 Å². The van der Waals surface area contributed by atoms with E-state index in [4.69, 9.17) is 16.7 Å². The molecule has 0 unspecified atom stereocenters. The molecule has 0 atom stereocenters. The molecule has 0 spiro atoms. The number of carboxylic acids is 1. The number of aromatic nitrogens is 1. The third-order valence-corrected chi connectivity index (χ3v) is 3.34. The summed E-state index contributed by atoms with van der Waals surface area (Å²) in [4.78, 5) is 23.2. The largest absolute Gasteiger partial charge is 0.477 e. The first kappa shape index (κ1) is 13.4. The molecule has 2 rings (SSSR count). The first-order valence-electron chi connectivity index (χ1n) is 5.64. The highest BCUT2D eigenvalue weighted by molar-refractivity contribution is 6.33. The number of pyridine rings is 1. The summed E-state index contributed by atoms with van der Waals surface area (Å²) in [5.74, 6) is -1.33. The maximum atomic E-state index is 12.1. The van der Waals surface area contributed by atoms with Crippen LogP contribution in [0, 0.1) is 13.8 Å². The molecular weight excluding hydrogens is 266 g/mol. The number of carboxylic acid groups (broad SMARTS) is 1. The molecule has 0 amide bonds. The van der Waals surface area contributed by atoms with Gasteiger partial charge in [-0.3, -0.25) is 9.36 Å². The van der Waals surface area contributed by atoms with E-state index in [1.807, 2.05) is 26.0 Å². The number of aryl methyl sites for hydroxylation is 2. The highest BCUT2D eigenvalue weighted by Crippen LogP contribution is 2.16. The zero-order valence-corrected chi connectivity index (χ0v) is 11.2. The lowest BCUT2D eigenvalue weighted by molar-refractivity contribution is 0.0695. The van der Waals surface area contributed by atoms with Gasteiger partial charge in [-0.05, 0) is 43.2 Å². The molecule has 0 aliphatic carbocycles. The molecule has 0 radical (unpaired) electrons. The summed E-state index contributed by atoms with van der Waals surface area (Å²) in [5, 5.41) is 8.96. The number of hydrogen-bond acceptors (Lipinski definition) is 2. The molecule has 0 saturated heterocycles. The van der Waals surface area contributed by atoms with E-state index >= 15 is 0 Å². The van der Waals surface area contributed by atoms with Gasteiger partial charge in [0.2, 0.25) is 0 Å². The van der Waals surface area contributed by atoms with Crippen molar-refractivity contribution in [3.05, 3.63) is 62.5 Å². The first-order valence-corrected chi connectivity index (χ1v) is 6.01. The van der Waals surface area contributed by atoms with Gasteiger partial charge < -0.3 is 5.11 Å². The molecule has 0 fully saturated rings. The van der Waals surface area contributed by atoms with Gasteiger partial charge >= 0.3 is 5.97 Å². The lowest BCUT2D eigenvalue weighted by atomic mass is 10.1. The summed E-state index contributed by atoms with van der Waals surface area (Å²) >= 11 is 5.75. The number of halogens is 1. The van der Waals surface area contributed by atoms with E-state index in [9.17, 15) is 9.59 Å². The van der Waals surface area contributed by atoms with E-state index in [1.54, 1.807) is 6.07 Å². The fourth-order valence-electron chi connectivity index (χ4n) is 1.79. The molecule has 1 aromatic heterocycles. The lowest BCUT2D eigenvalue weighted by Crippen LogP contribution is -2.25. The molecular formula is C14H12ClNO3. The number of rotatable bonds is 2. The molecule has 1 N–H and O–H groups in total. The maximum Gasteiger partial charge on any atom is 0.342 e. The Morgan fingerprint density at radius 3 is 2.47 bits per heavy atom. The first-order chi connectivity index (χ1) is 8.91. The van der Waals surface area contributed by atoms with Crippen molar-refractivity contribution < 1.29 is 9.90 Å². The van der Waals surface area contributed by atoms with Crippen molar-refractivity contribution in [2.75, 3.05) is 0 Å². The van der Waals surface area contributed by atoms with Crippen LogP contribution in [0.15, 0.2) is 35.3 Å². The van der Waals surface area contributed by atoms with Crippen LogP contribution >= 0.6 is 11.6 Å². The van der Waals surface area contributed by atoms with Crippen LogP contribution in [-0.4, -0.2) is 15.6 Å². The molecule has 1 aromatic carbocycles. The fraction of sp³-hybridized carbons (Fsp3) is 0.143. The Balaban J connectivity index is 2.70. The van der Waals surface area contributed by atoms with E-state index < -0.39 is 17.1 Å². The molecule has 5 heteroatoms. The predicted molar refractivity (Wildman–Crippen MR) is 73.5 cm³/mol. The molecule has 2 aromatic rings. The van der Waals surface area contributed by atoms with Crippen molar-refractivity contribution in [2.45, 2.75) is 13.8 Å². The third kappa shape index (κ3) is 2.39. The van der Waals surface area contributed by atoms with Gasteiger partial charge in [-0.15, -0.1) is 0 Å². The number of carbonyl (C=O) groups is 1. The molecule has 0 aliphatic rings. The lowest BCUT2D eigenvalue weighted by Gasteiger charge is -2.09. The number of nitrogens with zero attached hydrogens (tertiary/aromatic N) is 1. The highest BCUT2D eigenvalue weighted by atomic mass is 35.5. The predicted octanol–water partition coefficient (Wildman–Crippen LogP) is 2.81. The normalized spacial score (nSPS) is 10.5. The molecule has 98 valence electrons. The number of hydrogen-bond donors (Lipinski definition) is 1. The van der Waals surface area contributed by atoms with Gasteiger partial charge in [-0.25, -0.2) is 4.79 Å². The Hall–Kier alpha value is -2.07. The van der Waals surface area contributed by atoms with Gasteiger partial charge in [-0.1, -0.05) is 17.7 Å². The summed E-state index contributed by atoms with van der Waals surface area (Å²) in [6, 6.07) is 6.88. The Kier molecular flexibility index (Phi) is 3.44. The van der Waals surface area contributed by atoms with Gasteiger partial charge in [0.25, 0.3) is 5.56 Å². The Morgan fingerprint density at radius 2 is 1.89 bits per heavy atom. The highest BCUT2D eigenvalue weighted by Gasteiger charge is 2.16. The smallest absolute Gasteiger partial charge is 0.342 e. The van der Waals surface area contributed by atoms with E-state index in [0.29, 0.717) is 5.69 Å². The van der Waals surface area contributed by atoms with Crippen LogP contribution in [0.4, 0.5) is 0 Å². The number of aromatic carboxylic acids is 1. The van der Waals surface area contributed by atoms with Gasteiger partial charge in [0.1, 0.15) is 5.56 Å². The fourth-order valence-corrected chi connectivity index (χ4v) is 2.00. The average Bonchev–Trinajstić information content (AvgIpc) is 2.33. The number of benzene rings is 1. The maximum absolute atomic E-state index is 12.1. The van der Waals surface area contributed by atoms with E-state index in [2.05, 4.69) is 0 Å². The van der Waals surface area contributed by atoms with Crippen molar-refractivity contribution in [1.82, 2.24) is 4.57 Å². The Morgan fingerprint density at radius 1 is 1.21 bits per heavy atom. The zero-order chi connectivity index (χ0) is 14.2. The van der Waals surface area contributed by atoms with E-state index in [-0.39, 0.29) is 5.02 Å². The second-order valence-corrected chi connectivity index (χ2v) is 4.69. The van der Waals surface area contributed by atoms with Gasteiger partial charge in [0.15, 0.2) is 0 Å². The topological polar surface area (TPSA) is 59.3 Å². The van der Waals surface area contributed by atoms with Crippen LogP contribution in [0.2, 0.25) is 5.02 Å². The van der Waals surface area contributed by atoms with Gasteiger partial charge in [0.05, 0.1) is 5.02 Å². The molecule has 0 aliphatic heterocycles. The van der Waals surface area contributed by atoms with Crippen LogP contribution in [0.5, 0.6) is 0 Å². The van der Waals surface area contributed by atoms with Crippen LogP contribution in [0.1, 0.15) is 21.5 Å². The molecule has 0 saturated carbocycles. The second kappa shape index (κ2) is 4.90. The minimum Gasteiger partial charge on any atom is -0.477 e. The van der Waals surface area contributed by atoms with Crippen LogP contribution in [-0.2, 0) is 0 Å². The quantitative estimate of drug-likeness (QED) is 0.918. The Bertz CT molecular complexity index is 719. The van der Waals surface area contributed by atoms with Crippen molar-refractivity contribution in [2.24, 2.45) is 0 Å². The van der Waals surface area contributed by atoms with Crippen molar-refractivity contribution in [3.63, 3.8) is 0 Å². The van der Waals surface area contributed by atoms with E-state index in [0.717, 1.165) is 11.1 Å².